The Hall–Kier alpha value is -4.60. The van der Waals surface area contributed by atoms with Crippen molar-refractivity contribution in [2.75, 3.05) is 56.3 Å². The molecule has 9 nitrogen and oxygen atoms in total. The monoisotopic (exact) mass is 546 g/mol. The lowest BCUT2D eigenvalue weighted by molar-refractivity contribution is -0.116. The quantitative estimate of drug-likeness (QED) is 0.459. The molecule has 3 aromatic carbocycles. The minimum Gasteiger partial charge on any atom is -0.454 e. The van der Waals surface area contributed by atoms with Gasteiger partial charge in [-0.2, -0.15) is 0 Å². The van der Waals surface area contributed by atoms with Crippen LogP contribution in [0.4, 0.5) is 15.8 Å². The largest absolute Gasteiger partial charge is 0.454 e. The van der Waals surface area contributed by atoms with Crippen molar-refractivity contribution in [2.24, 2.45) is 0 Å². The number of halogens is 1. The number of ether oxygens (including phenoxy) is 2. The van der Waals surface area contributed by atoms with Crippen molar-refractivity contribution >= 4 is 29.1 Å². The molecule has 0 aromatic heterocycles. The molecule has 1 N–H and O–H groups in total. The summed E-state index contributed by atoms with van der Waals surface area (Å²) in [4.78, 5) is 43.9. The van der Waals surface area contributed by atoms with Crippen molar-refractivity contribution in [1.29, 1.82) is 0 Å². The Bertz CT molecular complexity index is 1390. The lowest BCUT2D eigenvalue weighted by atomic mass is 10.1. The van der Waals surface area contributed by atoms with Crippen LogP contribution in [-0.4, -0.2) is 73.6 Å². The molecule has 1 saturated heterocycles. The summed E-state index contributed by atoms with van der Waals surface area (Å²) in [6.07, 6.45) is 0.706. The molecule has 2 aliphatic heterocycles. The van der Waals surface area contributed by atoms with Gasteiger partial charge in [0.15, 0.2) is 11.5 Å². The van der Waals surface area contributed by atoms with Gasteiger partial charge in [-0.25, -0.2) is 4.39 Å². The molecule has 0 bridgehead atoms. The molecule has 3 amide bonds. The molecule has 0 unspecified atom stereocenters. The Kier molecular flexibility index (Phi) is 8.14. The highest BCUT2D eigenvalue weighted by atomic mass is 19.1. The Morgan fingerprint density at radius 1 is 0.925 bits per heavy atom. The first-order valence-corrected chi connectivity index (χ1v) is 13.3. The van der Waals surface area contributed by atoms with Crippen molar-refractivity contribution in [3.63, 3.8) is 0 Å². The Morgan fingerprint density at radius 2 is 1.65 bits per heavy atom. The van der Waals surface area contributed by atoms with E-state index in [1.165, 1.54) is 17.0 Å². The third kappa shape index (κ3) is 6.01. The molecule has 1 fully saturated rings. The van der Waals surface area contributed by atoms with Gasteiger partial charge in [-0.3, -0.25) is 14.4 Å². The smallest absolute Gasteiger partial charge is 0.256 e. The van der Waals surface area contributed by atoms with Gasteiger partial charge < -0.3 is 29.5 Å². The van der Waals surface area contributed by atoms with Gasteiger partial charge in [0, 0.05) is 49.7 Å². The van der Waals surface area contributed by atoms with Crippen LogP contribution in [0.15, 0.2) is 66.7 Å². The van der Waals surface area contributed by atoms with Crippen molar-refractivity contribution < 1.29 is 28.2 Å². The van der Waals surface area contributed by atoms with E-state index in [2.05, 4.69) is 10.2 Å². The van der Waals surface area contributed by atoms with E-state index < -0.39 is 5.82 Å². The second-order valence-electron chi connectivity index (χ2n) is 9.65. The highest BCUT2D eigenvalue weighted by Gasteiger charge is 2.25. The zero-order valence-electron chi connectivity index (χ0n) is 22.3. The minimum absolute atomic E-state index is 0.0825. The number of piperazine rings is 1. The van der Waals surface area contributed by atoms with Gasteiger partial charge in [0.1, 0.15) is 12.4 Å². The number of anilines is 2. The highest BCUT2D eigenvalue weighted by Crippen LogP contribution is 2.33. The first-order valence-electron chi connectivity index (χ1n) is 13.3. The number of carbonyl (C=O) groups excluding carboxylic acids is 3. The zero-order chi connectivity index (χ0) is 28.1. The molecule has 10 heteroatoms. The van der Waals surface area contributed by atoms with Crippen LogP contribution >= 0.6 is 0 Å². The van der Waals surface area contributed by atoms with Crippen LogP contribution in [0.1, 0.15) is 34.1 Å². The second-order valence-corrected chi connectivity index (χ2v) is 9.65. The molecule has 0 aliphatic carbocycles. The van der Waals surface area contributed by atoms with Crippen LogP contribution in [-0.2, 0) is 4.79 Å². The summed E-state index contributed by atoms with van der Waals surface area (Å²) in [6.45, 7) is 4.61. The molecule has 3 aromatic rings. The van der Waals surface area contributed by atoms with E-state index in [0.717, 1.165) is 5.69 Å². The molecule has 208 valence electrons. The average Bonchev–Trinajstić information content (AvgIpc) is 3.45. The van der Waals surface area contributed by atoms with E-state index in [1.807, 2.05) is 31.2 Å². The summed E-state index contributed by atoms with van der Waals surface area (Å²) in [5.41, 5.74) is 2.10. The second kappa shape index (κ2) is 12.1. The van der Waals surface area contributed by atoms with Gasteiger partial charge >= 0.3 is 0 Å². The van der Waals surface area contributed by atoms with Crippen LogP contribution in [0.25, 0.3) is 0 Å². The number of carbonyl (C=O) groups is 3. The van der Waals surface area contributed by atoms with Crippen molar-refractivity contribution in [3.05, 3.63) is 83.7 Å². The molecule has 0 saturated carbocycles. The summed E-state index contributed by atoms with van der Waals surface area (Å²) >= 11 is 0. The molecule has 0 atom stereocenters. The summed E-state index contributed by atoms with van der Waals surface area (Å²) in [6, 6.07) is 18.5. The molecule has 2 aliphatic rings. The lowest BCUT2D eigenvalue weighted by Crippen LogP contribution is -2.49. The fourth-order valence-corrected chi connectivity index (χ4v) is 4.84. The summed E-state index contributed by atoms with van der Waals surface area (Å²) in [5, 5.41) is 2.87. The number of fused-ring (bicyclic) bond motifs is 1. The average molecular weight is 547 g/mol. The van der Waals surface area contributed by atoms with Crippen LogP contribution in [0.2, 0.25) is 0 Å². The van der Waals surface area contributed by atoms with E-state index in [1.54, 1.807) is 35.2 Å². The highest BCUT2D eigenvalue weighted by molar-refractivity contribution is 6.00. The van der Waals surface area contributed by atoms with Crippen molar-refractivity contribution in [3.8, 4) is 11.5 Å². The van der Waals surface area contributed by atoms with Crippen molar-refractivity contribution in [2.45, 2.75) is 13.3 Å². The van der Waals surface area contributed by atoms with Crippen LogP contribution in [0, 0.1) is 5.82 Å². The molecular formula is C30H31FN4O5. The molecule has 40 heavy (non-hydrogen) atoms. The first kappa shape index (κ1) is 27.0. The van der Waals surface area contributed by atoms with Gasteiger partial charge in [0.05, 0.1) is 5.56 Å². The summed E-state index contributed by atoms with van der Waals surface area (Å²) in [5.74, 6) is -0.246. The van der Waals surface area contributed by atoms with Crippen molar-refractivity contribution in [1.82, 2.24) is 9.80 Å². The molecule has 2 heterocycles. The van der Waals surface area contributed by atoms with E-state index >= 15 is 0 Å². The van der Waals surface area contributed by atoms with Gasteiger partial charge in [0.25, 0.3) is 11.8 Å². The number of hydrogen-bond acceptors (Lipinski definition) is 6. The normalized spacial score (nSPS) is 14.2. The fraction of sp³-hybridized carbons (Fsp3) is 0.300. The Labute approximate surface area is 232 Å². The maximum atomic E-state index is 14.0. The molecule has 0 spiro atoms. The summed E-state index contributed by atoms with van der Waals surface area (Å²) < 4.78 is 24.7. The topological polar surface area (TPSA) is 91.4 Å². The molecule has 0 radical (unpaired) electrons. The number of rotatable bonds is 8. The maximum Gasteiger partial charge on any atom is 0.256 e. The van der Waals surface area contributed by atoms with Gasteiger partial charge in [-0.15, -0.1) is 0 Å². The maximum absolute atomic E-state index is 14.0. The van der Waals surface area contributed by atoms with E-state index in [4.69, 9.17) is 9.47 Å². The zero-order valence-corrected chi connectivity index (χ0v) is 22.3. The predicted octanol–water partition coefficient (Wildman–Crippen LogP) is 4.01. The number of nitrogens with one attached hydrogen (secondary N) is 1. The number of amides is 3. The summed E-state index contributed by atoms with van der Waals surface area (Å²) in [7, 11) is 0. The number of nitrogens with zero attached hydrogens (tertiary/aromatic N) is 3. The molecule has 5 rings (SSSR count). The van der Waals surface area contributed by atoms with E-state index in [9.17, 15) is 18.8 Å². The van der Waals surface area contributed by atoms with Gasteiger partial charge in [-0.05, 0) is 61.0 Å². The Balaban J connectivity index is 1.14. The van der Waals surface area contributed by atoms with E-state index in [0.29, 0.717) is 61.9 Å². The third-order valence-electron chi connectivity index (χ3n) is 6.92. The predicted molar refractivity (Wildman–Crippen MR) is 148 cm³/mol. The number of hydrogen-bond donors (Lipinski definition) is 1. The van der Waals surface area contributed by atoms with E-state index in [-0.39, 0.29) is 36.6 Å². The van der Waals surface area contributed by atoms with Gasteiger partial charge in [-0.1, -0.05) is 19.1 Å². The third-order valence-corrected chi connectivity index (χ3v) is 6.92. The standard InChI is InChI=1S/C30H31FN4O5/c1-2-13-35(29(37)21-7-12-26-27(18-21)40-20-39-26)19-28(36)32-22-8-10-23(11-9-22)33-14-16-34(17-15-33)30(38)24-5-3-4-6-25(24)31/h3-12,18H,2,13-17,19-20H2,1H3,(H,32,36). The minimum atomic E-state index is -0.511. The fourth-order valence-electron chi connectivity index (χ4n) is 4.84. The molecular weight excluding hydrogens is 515 g/mol. The van der Waals surface area contributed by atoms with Crippen LogP contribution < -0.4 is 19.7 Å². The van der Waals surface area contributed by atoms with Crippen LogP contribution in [0.5, 0.6) is 11.5 Å². The first-order chi connectivity index (χ1) is 19.4. The number of benzene rings is 3. The lowest BCUT2D eigenvalue weighted by Gasteiger charge is -2.36. The Morgan fingerprint density at radius 3 is 2.38 bits per heavy atom. The SMILES string of the molecule is CCCN(CC(=O)Nc1ccc(N2CCN(C(=O)c3ccccc3F)CC2)cc1)C(=O)c1ccc2c(c1)OCO2. The van der Waals surface area contributed by atoms with Crippen LogP contribution in [0.3, 0.4) is 0 Å². The van der Waals surface area contributed by atoms with Gasteiger partial charge in [0.2, 0.25) is 12.7 Å².